The van der Waals surface area contributed by atoms with Gasteiger partial charge in [-0.2, -0.15) is 8.42 Å². The summed E-state index contributed by atoms with van der Waals surface area (Å²) in [5.41, 5.74) is 1.36. The summed E-state index contributed by atoms with van der Waals surface area (Å²) in [5.74, 6) is 1.09. The summed E-state index contributed by atoms with van der Waals surface area (Å²) in [6.45, 7) is 2.38. The molecule has 2 aromatic carbocycles. The molecule has 0 saturated carbocycles. The zero-order chi connectivity index (χ0) is 21.6. The van der Waals surface area contributed by atoms with Crippen LogP contribution in [0.2, 0.25) is 10.0 Å². The Labute approximate surface area is 189 Å². The van der Waals surface area contributed by atoms with Crippen molar-refractivity contribution in [3.05, 3.63) is 64.1 Å². The highest BCUT2D eigenvalue weighted by molar-refractivity contribution is 7.86. The van der Waals surface area contributed by atoms with Crippen LogP contribution >= 0.6 is 23.2 Å². The third-order valence-electron chi connectivity index (χ3n) is 5.17. The van der Waals surface area contributed by atoms with E-state index >= 15 is 0 Å². The second-order valence-electron chi connectivity index (χ2n) is 7.74. The van der Waals surface area contributed by atoms with Crippen LogP contribution in [0.15, 0.2) is 48.5 Å². The molecule has 5 nitrogen and oxygen atoms in total. The highest BCUT2D eigenvalue weighted by Gasteiger charge is 2.25. The minimum atomic E-state index is -3.61. The van der Waals surface area contributed by atoms with E-state index in [-0.39, 0.29) is 6.61 Å². The molecule has 1 saturated heterocycles. The molecule has 0 aromatic heterocycles. The second-order valence-corrected chi connectivity index (χ2v) is 10.2. The van der Waals surface area contributed by atoms with Gasteiger partial charge in [0, 0.05) is 11.6 Å². The molecule has 0 radical (unpaired) electrons. The third kappa shape index (κ3) is 7.75. The van der Waals surface area contributed by atoms with Gasteiger partial charge in [-0.15, -0.1) is 0 Å². The average molecular weight is 472 g/mol. The Bertz CT molecular complexity index is 916. The molecule has 1 atom stereocenters. The van der Waals surface area contributed by atoms with Crippen LogP contribution < -0.4 is 4.74 Å². The zero-order valence-electron chi connectivity index (χ0n) is 17.0. The Morgan fingerprint density at radius 1 is 1.10 bits per heavy atom. The molecule has 0 bridgehead atoms. The summed E-state index contributed by atoms with van der Waals surface area (Å²) in [6.07, 6.45) is 3.67. The molecule has 1 heterocycles. The van der Waals surface area contributed by atoms with Crippen LogP contribution in [0, 0.1) is 5.92 Å². The SMILES string of the molecule is CS(=O)(=O)OC(COc1ccc(Cl)cc1Cl)CN1CCC(Cc2ccccc2)CC1. The van der Waals surface area contributed by atoms with Crippen molar-refractivity contribution in [2.24, 2.45) is 5.92 Å². The van der Waals surface area contributed by atoms with Crippen molar-refractivity contribution in [1.29, 1.82) is 0 Å². The summed E-state index contributed by atoms with van der Waals surface area (Å²) >= 11 is 12.0. The number of benzene rings is 2. The lowest BCUT2D eigenvalue weighted by Gasteiger charge is -2.34. The Morgan fingerprint density at radius 2 is 1.80 bits per heavy atom. The lowest BCUT2D eigenvalue weighted by atomic mass is 9.90. The number of rotatable bonds is 9. The van der Waals surface area contributed by atoms with Crippen molar-refractivity contribution in [3.8, 4) is 5.75 Å². The van der Waals surface area contributed by atoms with Gasteiger partial charge in [-0.1, -0.05) is 53.5 Å². The largest absolute Gasteiger partial charge is 0.489 e. The molecule has 164 valence electrons. The Balaban J connectivity index is 1.53. The monoisotopic (exact) mass is 471 g/mol. The van der Waals surface area contributed by atoms with Crippen molar-refractivity contribution in [1.82, 2.24) is 4.90 Å². The molecule has 1 unspecified atom stereocenters. The van der Waals surface area contributed by atoms with E-state index in [0.717, 1.165) is 38.6 Å². The number of halogens is 2. The maximum atomic E-state index is 11.7. The molecule has 0 N–H and O–H groups in total. The zero-order valence-corrected chi connectivity index (χ0v) is 19.3. The smallest absolute Gasteiger partial charge is 0.264 e. The van der Waals surface area contributed by atoms with E-state index in [0.29, 0.717) is 28.3 Å². The third-order valence-corrected chi connectivity index (χ3v) is 6.32. The molecule has 3 rings (SSSR count). The molecule has 0 aliphatic carbocycles. The number of piperidine rings is 1. The molecule has 2 aromatic rings. The van der Waals surface area contributed by atoms with Gasteiger partial charge in [0.1, 0.15) is 18.5 Å². The van der Waals surface area contributed by atoms with Gasteiger partial charge in [0.15, 0.2) is 0 Å². The number of hydrogen-bond donors (Lipinski definition) is 0. The lowest BCUT2D eigenvalue weighted by molar-refractivity contribution is 0.0753. The number of hydrogen-bond acceptors (Lipinski definition) is 5. The number of ether oxygens (including phenoxy) is 1. The van der Waals surface area contributed by atoms with Crippen LogP contribution in [-0.4, -0.2) is 51.9 Å². The maximum Gasteiger partial charge on any atom is 0.264 e. The van der Waals surface area contributed by atoms with Gasteiger partial charge < -0.3 is 9.64 Å². The van der Waals surface area contributed by atoms with Gasteiger partial charge in [0.25, 0.3) is 10.1 Å². The summed E-state index contributed by atoms with van der Waals surface area (Å²) < 4.78 is 34.5. The van der Waals surface area contributed by atoms with Crippen molar-refractivity contribution in [2.45, 2.75) is 25.4 Å². The molecule has 8 heteroatoms. The van der Waals surface area contributed by atoms with Gasteiger partial charge in [0.2, 0.25) is 0 Å². The molecular formula is C22H27Cl2NO4S. The van der Waals surface area contributed by atoms with Crippen LogP contribution in [0.4, 0.5) is 0 Å². The maximum absolute atomic E-state index is 11.7. The molecule has 1 fully saturated rings. The van der Waals surface area contributed by atoms with Crippen molar-refractivity contribution in [2.75, 3.05) is 32.5 Å². The van der Waals surface area contributed by atoms with Gasteiger partial charge >= 0.3 is 0 Å². The molecule has 1 aliphatic rings. The first-order valence-corrected chi connectivity index (χ1v) is 12.6. The second kappa shape index (κ2) is 10.8. The van der Waals surface area contributed by atoms with E-state index in [1.54, 1.807) is 18.2 Å². The van der Waals surface area contributed by atoms with Gasteiger partial charge in [-0.3, -0.25) is 4.18 Å². The van der Waals surface area contributed by atoms with Crippen molar-refractivity contribution >= 4 is 33.3 Å². The fourth-order valence-corrected chi connectivity index (χ4v) is 4.82. The summed E-state index contributed by atoms with van der Waals surface area (Å²) in [7, 11) is -3.61. The fraction of sp³-hybridized carbons (Fsp3) is 0.455. The van der Waals surface area contributed by atoms with E-state index in [1.807, 2.05) is 6.07 Å². The first-order chi connectivity index (χ1) is 14.3. The highest BCUT2D eigenvalue weighted by atomic mass is 35.5. The normalized spacial score (nSPS) is 17.0. The molecule has 1 aliphatic heterocycles. The first-order valence-electron chi connectivity index (χ1n) is 10.0. The van der Waals surface area contributed by atoms with Gasteiger partial charge in [0.05, 0.1) is 11.3 Å². The van der Waals surface area contributed by atoms with Crippen LogP contribution in [0.1, 0.15) is 18.4 Å². The standard InChI is InChI=1S/C22H27Cl2NO4S/c1-30(26,27)29-20(16-28-22-8-7-19(23)14-21(22)24)15-25-11-9-18(10-12-25)13-17-5-3-2-4-6-17/h2-8,14,18,20H,9-13,15-16H2,1H3. The number of likely N-dealkylation sites (tertiary alicyclic amines) is 1. The number of nitrogens with zero attached hydrogens (tertiary/aromatic N) is 1. The Kier molecular flexibility index (Phi) is 8.43. The quantitative estimate of drug-likeness (QED) is 0.497. The van der Waals surface area contributed by atoms with E-state index in [1.165, 1.54) is 5.56 Å². The summed E-state index contributed by atoms with van der Waals surface area (Å²) in [5, 5.41) is 0.886. The van der Waals surface area contributed by atoms with Gasteiger partial charge in [-0.25, -0.2) is 0 Å². The molecule has 0 spiro atoms. The summed E-state index contributed by atoms with van der Waals surface area (Å²) in [4.78, 5) is 2.24. The molecular weight excluding hydrogens is 445 g/mol. The van der Waals surface area contributed by atoms with E-state index in [2.05, 4.69) is 29.2 Å². The van der Waals surface area contributed by atoms with Crippen LogP contribution in [0.25, 0.3) is 0 Å². The van der Waals surface area contributed by atoms with E-state index in [9.17, 15) is 8.42 Å². The molecule has 30 heavy (non-hydrogen) atoms. The van der Waals surface area contributed by atoms with Crippen LogP contribution in [-0.2, 0) is 20.7 Å². The Morgan fingerprint density at radius 3 is 2.43 bits per heavy atom. The van der Waals surface area contributed by atoms with E-state index in [4.69, 9.17) is 32.1 Å². The van der Waals surface area contributed by atoms with Crippen molar-refractivity contribution < 1.29 is 17.3 Å². The highest BCUT2D eigenvalue weighted by Crippen LogP contribution is 2.28. The van der Waals surface area contributed by atoms with Gasteiger partial charge in [-0.05, 0) is 62.0 Å². The lowest BCUT2D eigenvalue weighted by Crippen LogP contribution is -2.42. The predicted molar refractivity (Wildman–Crippen MR) is 121 cm³/mol. The van der Waals surface area contributed by atoms with Crippen LogP contribution in [0.3, 0.4) is 0 Å². The predicted octanol–water partition coefficient (Wildman–Crippen LogP) is 4.67. The Hall–Kier alpha value is -1.31. The summed E-state index contributed by atoms with van der Waals surface area (Å²) in [6, 6.07) is 15.4. The molecule has 0 amide bonds. The van der Waals surface area contributed by atoms with E-state index < -0.39 is 16.2 Å². The van der Waals surface area contributed by atoms with Crippen molar-refractivity contribution in [3.63, 3.8) is 0 Å². The fourth-order valence-electron chi connectivity index (χ4n) is 3.74. The topological polar surface area (TPSA) is 55.8 Å². The van der Waals surface area contributed by atoms with Crippen LogP contribution in [0.5, 0.6) is 5.75 Å². The first kappa shape index (κ1) is 23.4. The average Bonchev–Trinajstić information content (AvgIpc) is 2.68. The minimum absolute atomic E-state index is 0.0817. The minimum Gasteiger partial charge on any atom is -0.489 e.